The molecule has 0 radical (unpaired) electrons. The van der Waals surface area contributed by atoms with Crippen LogP contribution in [-0.2, 0) is 9.53 Å². The van der Waals surface area contributed by atoms with E-state index < -0.39 is 49.2 Å². The van der Waals surface area contributed by atoms with Gasteiger partial charge in [-0.2, -0.15) is 0 Å². The molecule has 2 aliphatic heterocycles. The monoisotopic (exact) mass is 452 g/mol. The Morgan fingerprint density at radius 1 is 1.13 bits per heavy atom. The van der Waals surface area contributed by atoms with E-state index in [1.807, 2.05) is 30.3 Å². The molecule has 1 aromatic carbocycles. The van der Waals surface area contributed by atoms with Gasteiger partial charge >= 0.3 is 0 Å². The van der Waals surface area contributed by atoms with Gasteiger partial charge in [-0.3, -0.25) is 4.79 Å². The van der Waals surface area contributed by atoms with Gasteiger partial charge in [0.25, 0.3) is 5.91 Å². The number of hydrogen-bond acceptors (Lipinski definition) is 10. The van der Waals surface area contributed by atoms with E-state index in [4.69, 9.17) is 17.0 Å². The highest BCUT2D eigenvalue weighted by atomic mass is 32.1. The number of nitrogens with zero attached hydrogens (tertiary/aromatic N) is 4. The highest BCUT2D eigenvalue weighted by molar-refractivity contribution is 7.80. The molecule has 1 unspecified atom stereocenters. The summed E-state index contributed by atoms with van der Waals surface area (Å²) in [5.41, 5.74) is 0.845. The normalized spacial score (nSPS) is 32.2. The van der Waals surface area contributed by atoms with Crippen LogP contribution in [0.15, 0.2) is 30.3 Å². The fourth-order valence-electron chi connectivity index (χ4n) is 3.50. The molecule has 2 aromatic rings. The smallest absolute Gasteiger partial charge is 0.257 e. The Balaban J connectivity index is 1.62. The highest BCUT2D eigenvalue weighted by Crippen LogP contribution is 2.35. The van der Waals surface area contributed by atoms with Gasteiger partial charge in [0.05, 0.1) is 6.61 Å². The average Bonchev–Trinajstić information content (AvgIpc) is 3.31. The summed E-state index contributed by atoms with van der Waals surface area (Å²) >= 11 is 6.66. The number of aliphatic hydroxyl groups is 4. The van der Waals surface area contributed by atoms with Gasteiger partial charge in [-0.1, -0.05) is 41.7 Å². The number of anilines is 1. The number of carbonyl (C=O) groups excluding carboxylic acids is 1. The van der Waals surface area contributed by atoms with Crippen LogP contribution in [0.3, 0.4) is 0 Å². The van der Waals surface area contributed by atoms with Gasteiger partial charge in [-0.25, -0.2) is 4.90 Å². The Bertz CT molecular complexity index is 942. The molecule has 2 aliphatic rings. The minimum absolute atomic E-state index is 0.0209. The van der Waals surface area contributed by atoms with Crippen LogP contribution >= 0.6 is 23.6 Å². The molecule has 3 heterocycles. The summed E-state index contributed by atoms with van der Waals surface area (Å²) in [6.07, 6.45) is -6.98. The molecular formula is C18H20N4O6S2. The van der Waals surface area contributed by atoms with Gasteiger partial charge in [0.2, 0.25) is 5.13 Å². The van der Waals surface area contributed by atoms with Crippen molar-refractivity contribution in [1.29, 1.82) is 0 Å². The van der Waals surface area contributed by atoms with Crippen LogP contribution in [0.5, 0.6) is 0 Å². The molecule has 0 spiro atoms. The fraction of sp³-hybridized carbons (Fsp3) is 0.444. The Hall–Kier alpha value is -2.06. The van der Waals surface area contributed by atoms with Crippen molar-refractivity contribution in [1.82, 2.24) is 15.1 Å². The first-order valence-electron chi connectivity index (χ1n) is 9.21. The Morgan fingerprint density at radius 2 is 1.83 bits per heavy atom. The zero-order valence-electron chi connectivity index (χ0n) is 15.8. The first-order valence-corrected chi connectivity index (χ1v) is 10.4. The number of benzene rings is 1. The van der Waals surface area contributed by atoms with Crippen LogP contribution < -0.4 is 4.90 Å². The predicted molar refractivity (Wildman–Crippen MR) is 110 cm³/mol. The van der Waals surface area contributed by atoms with Gasteiger partial charge < -0.3 is 30.1 Å². The molecule has 2 saturated heterocycles. The topological polar surface area (TPSA) is 139 Å². The van der Waals surface area contributed by atoms with Gasteiger partial charge in [-0.05, 0) is 19.1 Å². The summed E-state index contributed by atoms with van der Waals surface area (Å²) in [5, 5.41) is 49.1. The molecule has 160 valence electrons. The number of aliphatic hydroxyl groups excluding tert-OH is 4. The summed E-state index contributed by atoms with van der Waals surface area (Å²) < 4.78 is 5.58. The predicted octanol–water partition coefficient (Wildman–Crippen LogP) is -0.673. The van der Waals surface area contributed by atoms with Crippen molar-refractivity contribution >= 4 is 39.7 Å². The molecule has 6 atom stereocenters. The summed E-state index contributed by atoms with van der Waals surface area (Å²) in [4.78, 5) is 15.5. The number of amides is 1. The summed E-state index contributed by atoms with van der Waals surface area (Å²) in [5.74, 6) is -0.396. The van der Waals surface area contributed by atoms with E-state index in [2.05, 4.69) is 10.2 Å². The van der Waals surface area contributed by atoms with Crippen LogP contribution in [-0.4, -0.2) is 89.8 Å². The molecule has 4 rings (SSSR count). The number of thiocarbonyl (C=S) groups is 1. The second-order valence-electron chi connectivity index (χ2n) is 7.01. The quantitative estimate of drug-likeness (QED) is 0.442. The molecule has 1 amide bonds. The number of carbonyl (C=O) groups is 1. The van der Waals surface area contributed by atoms with E-state index >= 15 is 0 Å². The third kappa shape index (κ3) is 3.39. The largest absolute Gasteiger partial charge is 0.394 e. The zero-order chi connectivity index (χ0) is 21.6. The van der Waals surface area contributed by atoms with Gasteiger partial charge in [0.15, 0.2) is 11.3 Å². The first kappa shape index (κ1) is 21.2. The maximum Gasteiger partial charge on any atom is 0.257 e. The van der Waals surface area contributed by atoms with Crippen molar-refractivity contribution in [2.75, 3.05) is 11.5 Å². The standard InChI is InChI=1S/C18H20N4O6S2/c1-8-15(27)22(17-20-19-14(30-17)9-5-3-2-4-6-9)18(29)21(8)16-13(26)12(25)11(24)10(7-23)28-16/h2-6,8,10-13,16,23-26H,7H2,1H3/t8?,10-,11-,12+,13-,16-/m1/s1. The Labute approximate surface area is 181 Å². The molecule has 4 N–H and O–H groups in total. The fourth-order valence-corrected chi connectivity index (χ4v) is 4.86. The van der Waals surface area contributed by atoms with Crippen molar-refractivity contribution in [3.05, 3.63) is 30.3 Å². The van der Waals surface area contributed by atoms with Crippen molar-refractivity contribution in [2.24, 2.45) is 0 Å². The lowest BCUT2D eigenvalue weighted by molar-refractivity contribution is -0.256. The van der Waals surface area contributed by atoms with E-state index in [-0.39, 0.29) is 10.2 Å². The molecule has 1 aromatic heterocycles. The number of ether oxygens (including phenoxy) is 1. The zero-order valence-corrected chi connectivity index (χ0v) is 17.4. The van der Waals surface area contributed by atoms with Crippen LogP contribution in [0.1, 0.15) is 6.92 Å². The SMILES string of the molecule is CC1C(=O)N(c2nnc(-c3ccccc3)s2)C(=S)N1[C@@H]1O[C@H](CO)[C@@H](O)[C@H](O)[C@H]1O. The lowest BCUT2D eigenvalue weighted by Gasteiger charge is -2.44. The third-order valence-electron chi connectivity index (χ3n) is 5.17. The molecule has 0 bridgehead atoms. The summed E-state index contributed by atoms with van der Waals surface area (Å²) in [6, 6.07) is 8.53. The lowest BCUT2D eigenvalue weighted by atomic mass is 9.97. The second kappa shape index (κ2) is 8.23. The van der Waals surface area contributed by atoms with E-state index in [9.17, 15) is 25.2 Å². The van der Waals surface area contributed by atoms with E-state index in [1.165, 1.54) is 21.1 Å². The van der Waals surface area contributed by atoms with Gasteiger partial charge in [0, 0.05) is 5.56 Å². The van der Waals surface area contributed by atoms with Crippen LogP contribution in [0, 0.1) is 0 Å². The van der Waals surface area contributed by atoms with Gasteiger partial charge in [-0.15, -0.1) is 10.2 Å². The van der Waals surface area contributed by atoms with Crippen LogP contribution in [0.4, 0.5) is 5.13 Å². The second-order valence-corrected chi connectivity index (χ2v) is 8.34. The highest BCUT2D eigenvalue weighted by Gasteiger charge is 2.53. The molecule has 30 heavy (non-hydrogen) atoms. The van der Waals surface area contributed by atoms with Crippen LogP contribution in [0.25, 0.3) is 10.6 Å². The molecule has 0 saturated carbocycles. The average molecular weight is 453 g/mol. The minimum atomic E-state index is -1.58. The minimum Gasteiger partial charge on any atom is -0.394 e. The molecule has 10 nitrogen and oxygen atoms in total. The molecular weight excluding hydrogens is 432 g/mol. The van der Waals surface area contributed by atoms with Crippen molar-refractivity contribution in [3.8, 4) is 10.6 Å². The first-order chi connectivity index (χ1) is 14.3. The summed E-state index contributed by atoms with van der Waals surface area (Å²) in [7, 11) is 0. The summed E-state index contributed by atoms with van der Waals surface area (Å²) in [6.45, 7) is 1.00. The maximum absolute atomic E-state index is 13.0. The van der Waals surface area contributed by atoms with Crippen molar-refractivity contribution in [3.63, 3.8) is 0 Å². The van der Waals surface area contributed by atoms with E-state index in [0.29, 0.717) is 5.01 Å². The van der Waals surface area contributed by atoms with Gasteiger partial charge in [0.1, 0.15) is 35.5 Å². The maximum atomic E-state index is 13.0. The molecule has 12 heteroatoms. The number of hydrogen-bond donors (Lipinski definition) is 4. The third-order valence-corrected chi connectivity index (χ3v) is 6.53. The van der Waals surface area contributed by atoms with E-state index in [1.54, 1.807) is 6.92 Å². The molecule has 2 fully saturated rings. The molecule has 0 aliphatic carbocycles. The Kier molecular flexibility index (Phi) is 5.81. The Morgan fingerprint density at radius 3 is 2.50 bits per heavy atom. The lowest BCUT2D eigenvalue weighted by Crippen LogP contribution is -2.64. The number of rotatable bonds is 4. The number of aromatic nitrogens is 2. The van der Waals surface area contributed by atoms with Crippen LogP contribution in [0.2, 0.25) is 0 Å². The van der Waals surface area contributed by atoms with Crippen molar-refractivity contribution in [2.45, 2.75) is 43.6 Å². The van der Waals surface area contributed by atoms with E-state index in [0.717, 1.165) is 5.56 Å². The van der Waals surface area contributed by atoms with Crippen molar-refractivity contribution < 1.29 is 30.0 Å².